The summed E-state index contributed by atoms with van der Waals surface area (Å²) < 4.78 is 0. The van der Waals surface area contributed by atoms with Crippen molar-refractivity contribution in [3.05, 3.63) is 0 Å². The minimum absolute atomic E-state index is 0.191. The third-order valence-electron chi connectivity index (χ3n) is 2.75. The van der Waals surface area contributed by atoms with Gasteiger partial charge in [-0.2, -0.15) is 11.8 Å². The summed E-state index contributed by atoms with van der Waals surface area (Å²) in [5, 5.41) is 6.87. The van der Waals surface area contributed by atoms with Crippen LogP contribution >= 0.6 is 11.8 Å². The fourth-order valence-electron chi connectivity index (χ4n) is 2.00. The average molecular weight is 230 g/mol. The van der Waals surface area contributed by atoms with Crippen molar-refractivity contribution in [3.63, 3.8) is 0 Å². The van der Waals surface area contributed by atoms with Crippen molar-refractivity contribution >= 4 is 17.7 Å². The minimum atomic E-state index is 0.191. The molecule has 0 heterocycles. The Bertz CT molecular complexity index is 199. The van der Waals surface area contributed by atoms with E-state index >= 15 is 0 Å². The Labute approximate surface area is 96.8 Å². The summed E-state index contributed by atoms with van der Waals surface area (Å²) in [6.07, 6.45) is 4.17. The molecule has 2 unspecified atom stereocenters. The maximum Gasteiger partial charge on any atom is 0.221 e. The van der Waals surface area contributed by atoms with Crippen LogP contribution in [0.15, 0.2) is 0 Å². The molecule has 1 aliphatic rings. The van der Waals surface area contributed by atoms with E-state index in [0.29, 0.717) is 12.5 Å². The van der Waals surface area contributed by atoms with E-state index < -0.39 is 0 Å². The van der Waals surface area contributed by atoms with Crippen LogP contribution in [0.3, 0.4) is 0 Å². The van der Waals surface area contributed by atoms with Crippen molar-refractivity contribution in [1.82, 2.24) is 10.6 Å². The van der Waals surface area contributed by atoms with E-state index in [9.17, 15) is 4.79 Å². The molecule has 88 valence electrons. The molecule has 3 nitrogen and oxygen atoms in total. The van der Waals surface area contributed by atoms with E-state index in [0.717, 1.165) is 24.6 Å². The largest absolute Gasteiger partial charge is 0.353 e. The first-order chi connectivity index (χ1) is 7.26. The smallest absolute Gasteiger partial charge is 0.221 e. The summed E-state index contributed by atoms with van der Waals surface area (Å²) in [5.41, 5.74) is 0. The molecule has 0 saturated heterocycles. The molecular formula is C11H22N2OS. The van der Waals surface area contributed by atoms with Crippen LogP contribution in [0.4, 0.5) is 0 Å². The Kier molecular flexibility index (Phi) is 6.10. The van der Waals surface area contributed by atoms with Crippen LogP contribution in [0.2, 0.25) is 0 Å². The van der Waals surface area contributed by atoms with Crippen LogP contribution in [0.1, 0.15) is 32.6 Å². The lowest BCUT2D eigenvalue weighted by Crippen LogP contribution is -2.34. The molecule has 0 spiro atoms. The second-order valence-corrected chi connectivity index (χ2v) is 5.59. The fraction of sp³-hybridized carbons (Fsp3) is 0.909. The molecule has 4 heteroatoms. The monoisotopic (exact) mass is 230 g/mol. The number of nitrogens with one attached hydrogen (secondary N) is 2. The third kappa shape index (κ3) is 4.89. The van der Waals surface area contributed by atoms with Gasteiger partial charge < -0.3 is 10.6 Å². The van der Waals surface area contributed by atoms with Gasteiger partial charge in [0.1, 0.15) is 0 Å². The SMILES string of the molecule is CCSC1CCC(NC(=O)CCNC)C1. The second kappa shape index (κ2) is 7.12. The summed E-state index contributed by atoms with van der Waals surface area (Å²) in [6, 6.07) is 0.429. The molecule has 0 aliphatic heterocycles. The van der Waals surface area contributed by atoms with Gasteiger partial charge in [0.15, 0.2) is 0 Å². The third-order valence-corrected chi connectivity index (χ3v) is 3.99. The van der Waals surface area contributed by atoms with E-state index in [1.165, 1.54) is 12.2 Å². The van der Waals surface area contributed by atoms with Gasteiger partial charge in [-0.1, -0.05) is 6.92 Å². The zero-order valence-electron chi connectivity index (χ0n) is 9.71. The Morgan fingerprint density at radius 3 is 2.93 bits per heavy atom. The molecule has 1 rings (SSSR count). The first-order valence-electron chi connectivity index (χ1n) is 5.81. The van der Waals surface area contributed by atoms with Crippen LogP contribution < -0.4 is 10.6 Å². The van der Waals surface area contributed by atoms with Crippen molar-refractivity contribution in [2.75, 3.05) is 19.3 Å². The Hall–Kier alpha value is -0.220. The van der Waals surface area contributed by atoms with Gasteiger partial charge in [-0.25, -0.2) is 0 Å². The number of hydrogen-bond acceptors (Lipinski definition) is 3. The summed E-state index contributed by atoms with van der Waals surface area (Å²) in [7, 11) is 1.87. The van der Waals surface area contributed by atoms with E-state index in [1.54, 1.807) is 0 Å². The molecule has 1 saturated carbocycles. The van der Waals surface area contributed by atoms with Crippen molar-refractivity contribution in [1.29, 1.82) is 0 Å². The van der Waals surface area contributed by atoms with Crippen molar-refractivity contribution in [2.24, 2.45) is 0 Å². The minimum Gasteiger partial charge on any atom is -0.353 e. The molecule has 15 heavy (non-hydrogen) atoms. The normalized spacial score (nSPS) is 25.5. The van der Waals surface area contributed by atoms with Crippen molar-refractivity contribution < 1.29 is 4.79 Å². The average Bonchev–Trinajstić information content (AvgIpc) is 2.63. The standard InChI is InChI=1S/C11H22N2OS/c1-3-15-10-5-4-9(8-10)13-11(14)6-7-12-2/h9-10,12H,3-8H2,1-2H3,(H,13,14). The molecule has 0 aromatic carbocycles. The Morgan fingerprint density at radius 1 is 1.47 bits per heavy atom. The zero-order valence-corrected chi connectivity index (χ0v) is 10.5. The highest BCUT2D eigenvalue weighted by Gasteiger charge is 2.25. The molecule has 0 bridgehead atoms. The summed E-state index contributed by atoms with van der Waals surface area (Å²) in [5.74, 6) is 1.38. The van der Waals surface area contributed by atoms with Crippen LogP contribution in [0.25, 0.3) is 0 Å². The molecule has 2 atom stereocenters. The predicted octanol–water partition coefficient (Wildman–Crippen LogP) is 1.39. The van der Waals surface area contributed by atoms with Crippen LogP contribution in [0, 0.1) is 0 Å². The first kappa shape index (κ1) is 12.8. The van der Waals surface area contributed by atoms with Gasteiger partial charge in [-0.15, -0.1) is 0 Å². The molecule has 1 fully saturated rings. The Balaban J connectivity index is 2.15. The maximum atomic E-state index is 11.5. The second-order valence-electron chi connectivity index (χ2n) is 4.01. The van der Waals surface area contributed by atoms with Gasteiger partial charge in [0.2, 0.25) is 5.91 Å². The van der Waals surface area contributed by atoms with Crippen molar-refractivity contribution in [3.8, 4) is 0 Å². The number of rotatable bonds is 6. The summed E-state index contributed by atoms with van der Waals surface area (Å²) in [6.45, 7) is 2.97. The highest BCUT2D eigenvalue weighted by atomic mass is 32.2. The number of carbonyl (C=O) groups is 1. The predicted molar refractivity (Wildman–Crippen MR) is 66.2 cm³/mol. The first-order valence-corrected chi connectivity index (χ1v) is 6.86. The Morgan fingerprint density at radius 2 is 2.27 bits per heavy atom. The van der Waals surface area contributed by atoms with Gasteiger partial charge in [-0.05, 0) is 32.1 Å². The van der Waals surface area contributed by atoms with Gasteiger partial charge in [0, 0.05) is 24.3 Å². The van der Waals surface area contributed by atoms with Gasteiger partial charge >= 0.3 is 0 Å². The van der Waals surface area contributed by atoms with Crippen molar-refractivity contribution in [2.45, 2.75) is 43.9 Å². The lowest BCUT2D eigenvalue weighted by atomic mass is 10.2. The summed E-state index contributed by atoms with van der Waals surface area (Å²) in [4.78, 5) is 11.5. The van der Waals surface area contributed by atoms with Crippen LogP contribution in [-0.2, 0) is 4.79 Å². The van der Waals surface area contributed by atoms with Crippen LogP contribution in [0.5, 0.6) is 0 Å². The quantitative estimate of drug-likeness (QED) is 0.724. The fourth-order valence-corrected chi connectivity index (χ4v) is 3.14. The van der Waals surface area contributed by atoms with Gasteiger partial charge in [-0.3, -0.25) is 4.79 Å². The van der Waals surface area contributed by atoms with Gasteiger partial charge in [0.05, 0.1) is 0 Å². The molecule has 0 radical (unpaired) electrons. The zero-order chi connectivity index (χ0) is 11.1. The van der Waals surface area contributed by atoms with E-state index in [1.807, 2.05) is 18.8 Å². The highest BCUT2D eigenvalue weighted by Crippen LogP contribution is 2.29. The lowest BCUT2D eigenvalue weighted by molar-refractivity contribution is -0.121. The summed E-state index contributed by atoms with van der Waals surface area (Å²) >= 11 is 2.02. The molecule has 0 aromatic rings. The lowest BCUT2D eigenvalue weighted by Gasteiger charge is -2.12. The topological polar surface area (TPSA) is 41.1 Å². The maximum absolute atomic E-state index is 11.5. The number of carbonyl (C=O) groups excluding carboxylic acids is 1. The highest BCUT2D eigenvalue weighted by molar-refractivity contribution is 7.99. The number of thioether (sulfide) groups is 1. The van der Waals surface area contributed by atoms with E-state index in [4.69, 9.17) is 0 Å². The number of amides is 1. The molecule has 0 aromatic heterocycles. The van der Waals surface area contributed by atoms with Crippen LogP contribution in [-0.4, -0.2) is 36.5 Å². The molecule has 1 amide bonds. The molecular weight excluding hydrogens is 208 g/mol. The number of hydrogen-bond donors (Lipinski definition) is 2. The molecule has 2 N–H and O–H groups in total. The van der Waals surface area contributed by atoms with E-state index in [-0.39, 0.29) is 5.91 Å². The van der Waals surface area contributed by atoms with Gasteiger partial charge in [0.25, 0.3) is 0 Å². The van der Waals surface area contributed by atoms with E-state index in [2.05, 4.69) is 17.6 Å². The molecule has 1 aliphatic carbocycles.